The lowest BCUT2D eigenvalue weighted by Gasteiger charge is -2.24. The number of nitrogens with two attached hydrogens (primary N) is 1. The van der Waals surface area contributed by atoms with E-state index < -0.39 is 0 Å². The fourth-order valence-electron chi connectivity index (χ4n) is 13.3. The van der Waals surface area contributed by atoms with Gasteiger partial charge in [-0.3, -0.25) is 40.8 Å². The highest BCUT2D eigenvalue weighted by atomic mass is 19.1. The third-order valence-corrected chi connectivity index (χ3v) is 21.1. The lowest BCUT2D eigenvalue weighted by molar-refractivity contribution is 0.257. The van der Waals surface area contributed by atoms with Crippen LogP contribution in [0.4, 0.5) is 14.6 Å². The van der Waals surface area contributed by atoms with Gasteiger partial charge in [-0.25, -0.2) is 8.78 Å². The quantitative estimate of drug-likeness (QED) is 0.0513. The number of methoxy groups -OCH3 is 2. The fraction of sp³-hybridized carbons (Fsp3) is 0.365. The second-order valence-electron chi connectivity index (χ2n) is 40.0. The molecule has 8 aromatic heterocycles. The Morgan fingerprint density at radius 3 is 1.01 bits per heavy atom. The Labute approximate surface area is 756 Å². The molecule has 22 nitrogen and oxygen atoms in total. The number of rotatable bonds is 13. The third kappa shape index (κ3) is 29.3. The molecule has 15 aromatic rings. The van der Waals surface area contributed by atoms with E-state index in [2.05, 4.69) is 325 Å². The monoisotopic (exact) mass is 1740 g/mol. The number of nitrogens with zero attached hydrogens (tertiary/aromatic N) is 9. The van der Waals surface area contributed by atoms with Crippen LogP contribution in [0.25, 0.3) is 77.9 Å². The highest BCUT2D eigenvalue weighted by Gasteiger charge is 2.26. The first-order valence-corrected chi connectivity index (χ1v) is 43.0. The van der Waals surface area contributed by atoms with Crippen LogP contribution in [-0.4, -0.2) is 133 Å². The molecular formula is C104H136F2N18O4. The largest absolute Gasteiger partial charge is 0.508 e. The van der Waals surface area contributed by atoms with E-state index in [1.54, 1.807) is 81.9 Å². The van der Waals surface area contributed by atoms with Crippen molar-refractivity contribution in [1.29, 1.82) is 0 Å². The topological polar surface area (TPSA) is 307 Å². The molecule has 0 saturated carbocycles. The predicted octanol–water partition coefficient (Wildman–Crippen LogP) is 24.9. The number of aromatic nitrogens is 16. The normalized spacial score (nSPS) is 11.7. The molecule has 8 heterocycles. The number of benzene rings is 7. The van der Waals surface area contributed by atoms with Crippen LogP contribution >= 0.6 is 0 Å². The van der Waals surface area contributed by atoms with Crippen LogP contribution in [0.2, 0.25) is 0 Å². The van der Waals surface area contributed by atoms with E-state index in [4.69, 9.17) is 19.9 Å². The average Bonchev–Trinajstić information content (AvgIpc) is 1.28. The lowest BCUT2D eigenvalue weighted by Crippen LogP contribution is -2.21. The maximum atomic E-state index is 13.9. The second kappa shape index (κ2) is 43.5. The zero-order valence-corrected chi connectivity index (χ0v) is 80.3. The number of phenols is 1. The van der Waals surface area contributed by atoms with Gasteiger partial charge in [-0.2, -0.15) is 40.8 Å². The highest BCUT2D eigenvalue weighted by molar-refractivity contribution is 5.74. The number of halogens is 2. The van der Waals surface area contributed by atoms with Crippen molar-refractivity contribution >= 4 is 5.82 Å². The molecule has 24 heteroatoms. The summed E-state index contributed by atoms with van der Waals surface area (Å²) in [5.74, 6) is 3.37. The van der Waals surface area contributed by atoms with Gasteiger partial charge in [0.05, 0.1) is 63.8 Å². The van der Waals surface area contributed by atoms with Crippen LogP contribution in [0, 0.1) is 11.6 Å². The summed E-state index contributed by atoms with van der Waals surface area (Å²) in [5.41, 5.74) is 28.8. The molecule has 0 saturated heterocycles. The van der Waals surface area contributed by atoms with Crippen LogP contribution in [0.15, 0.2) is 226 Å². The molecule has 0 aliphatic carbocycles. The smallest absolute Gasteiger partial charge is 0.131 e. The Bertz CT molecular complexity index is 5690. The van der Waals surface area contributed by atoms with Crippen LogP contribution in [0.5, 0.6) is 23.0 Å². The summed E-state index contributed by atoms with van der Waals surface area (Å²) in [5, 5.41) is 63.5. The molecule has 0 bridgehead atoms. The maximum Gasteiger partial charge on any atom is 0.131 e. The first kappa shape index (κ1) is 100. The molecule has 0 radical (unpaired) electrons. The summed E-state index contributed by atoms with van der Waals surface area (Å²) in [4.78, 5) is 2.12. The molecule has 0 unspecified atom stereocenters. The third-order valence-electron chi connectivity index (χ3n) is 21.1. The summed E-state index contributed by atoms with van der Waals surface area (Å²) in [6.07, 6.45) is 26.9. The zero-order valence-electron chi connectivity index (χ0n) is 80.3. The molecule has 0 spiro atoms. The number of anilines is 1. The zero-order chi connectivity index (χ0) is 94.3. The van der Waals surface area contributed by atoms with Gasteiger partial charge in [-0.15, -0.1) is 0 Å². The molecule has 680 valence electrons. The lowest BCUT2D eigenvalue weighted by atomic mass is 9.85. The first-order valence-electron chi connectivity index (χ1n) is 43.0. The summed E-state index contributed by atoms with van der Waals surface area (Å²) >= 11 is 0. The minimum absolute atomic E-state index is 0.0320. The van der Waals surface area contributed by atoms with Gasteiger partial charge in [0.15, 0.2) is 0 Å². The molecule has 0 fully saturated rings. The van der Waals surface area contributed by atoms with Crippen molar-refractivity contribution in [3.8, 4) is 101 Å². The number of phenolic OH excluding ortho intramolecular Hbond substituents is 1. The van der Waals surface area contributed by atoms with Crippen molar-refractivity contribution in [3.63, 3.8) is 0 Å². The summed E-state index contributed by atoms with van der Waals surface area (Å²) in [6, 6.07) is 43.9. The van der Waals surface area contributed by atoms with E-state index in [0.29, 0.717) is 23.7 Å². The van der Waals surface area contributed by atoms with E-state index in [1.807, 2.05) is 101 Å². The van der Waals surface area contributed by atoms with Crippen molar-refractivity contribution in [3.05, 3.63) is 283 Å². The van der Waals surface area contributed by atoms with Crippen molar-refractivity contribution in [1.82, 2.24) is 86.5 Å². The van der Waals surface area contributed by atoms with Crippen molar-refractivity contribution in [2.45, 2.75) is 209 Å². The molecule has 128 heavy (non-hydrogen) atoms. The van der Waals surface area contributed by atoms with E-state index in [1.165, 1.54) is 27.8 Å². The van der Waals surface area contributed by atoms with Crippen molar-refractivity contribution < 1.29 is 28.1 Å². The van der Waals surface area contributed by atoms with Crippen LogP contribution in [-0.2, 0) is 43.3 Å². The van der Waals surface area contributed by atoms with E-state index in [0.717, 1.165) is 113 Å². The Kier molecular flexibility index (Phi) is 34.1. The van der Waals surface area contributed by atoms with Crippen molar-refractivity contribution in [2.75, 3.05) is 47.2 Å². The second-order valence-corrected chi connectivity index (χ2v) is 40.0. The molecule has 0 aliphatic heterocycles. The van der Waals surface area contributed by atoms with E-state index in [-0.39, 0.29) is 55.0 Å². The number of ether oxygens (including phenoxy) is 3. The van der Waals surface area contributed by atoms with Crippen molar-refractivity contribution in [2.24, 2.45) is 0 Å². The number of H-pyrrole nitrogens is 8. The number of nitrogen functional groups attached to an aromatic ring is 1. The summed E-state index contributed by atoms with van der Waals surface area (Å²) in [7, 11) is 7.51. The SMILES string of the molecule is CC(C)(C)c1ccc(-c2cn[nH]c2)c(F)c1.CC(C)(C)c1ccc(-c2cn[nH]c2)cc1F.CC(C)(C)c1ccc(-c2cn[nH]c2)cc1O.CC(C)(C)c1ccc(-c2cn[nH]c2N)cc1.CC(C)(C)c1cn[nH]c1.CN(C)CCOc1cc(-c2cn[nH]c2)ccc1C(C)(C)C.COc1cc(-c2cn[nH]c2)ccc1C(C)(C)C.COc1cc(C(C)(C)C)ccc1-c1cn[nH]c1. The number of nitrogens with one attached hydrogen (secondary N) is 8. The number of likely N-dealkylation sites (N-methyl/N-ethyl adjacent to an activating group) is 1. The van der Waals surface area contributed by atoms with Crippen LogP contribution < -0.4 is 19.9 Å². The first-order chi connectivity index (χ1) is 60.0. The minimum atomic E-state index is -0.200. The van der Waals surface area contributed by atoms with Gasteiger partial charge in [0.25, 0.3) is 0 Å². The minimum Gasteiger partial charge on any atom is -0.508 e. The van der Waals surface area contributed by atoms with Crippen LogP contribution in [0.1, 0.15) is 211 Å². The van der Waals surface area contributed by atoms with Gasteiger partial charge < -0.3 is 30.0 Å². The number of aromatic amines is 8. The van der Waals surface area contributed by atoms with E-state index in [9.17, 15) is 13.9 Å². The fourth-order valence-corrected chi connectivity index (χ4v) is 13.3. The Morgan fingerprint density at radius 1 is 0.305 bits per heavy atom. The number of aromatic hydroxyl groups is 1. The predicted molar refractivity (Wildman–Crippen MR) is 519 cm³/mol. The van der Waals surface area contributed by atoms with Gasteiger partial charge in [0.1, 0.15) is 47.1 Å². The molecule has 0 atom stereocenters. The highest BCUT2D eigenvalue weighted by Crippen LogP contribution is 2.40. The van der Waals surface area contributed by atoms with Gasteiger partial charge >= 0.3 is 0 Å². The Balaban J connectivity index is 0.000000182. The molecule has 11 N–H and O–H groups in total. The standard InChI is InChI=1S/C17H25N3O.2C14H18N2O.2C13H15FN2.C13H17N3.C13H16N2O.C7H12N2/c1-17(2,3)15-7-6-13(14-11-18-19-12-14)10-16(15)21-9-8-20(4)5;1-14(2,3)11-5-6-12(13(7-11)17-4)10-8-15-16-9-10;1-14(2,3)12-6-5-10(7-13(12)17-4)11-8-15-16-9-11;1-13(2,3)10-4-5-11(12(14)6-10)9-7-15-16-8-9;1-13(2,3)11-5-4-9(6-12(11)14)10-7-15-16-8-10;1-13(2,3)10-6-4-9(5-7-10)11-8-15-16-12(11)14;1-13(2,3)11-5-4-9(6-12(11)16)10-7-14-15-8-10;1-7(2,3)6-4-8-9-5-6/h6-7,10-12H,8-9H2,1-5H3,(H,18,19);2*5-9H,1-4H3,(H,15,16);2*4-8H,1-3H3,(H,15,16);4-8H,1-3H3,(H3,14,15,16);4-8,16H,1-3H3,(H,14,15);4-5H,1-3H3,(H,8,9). The van der Waals surface area contributed by atoms with Gasteiger partial charge in [-0.05, 0) is 166 Å². The molecule has 0 aliphatic rings. The van der Waals surface area contributed by atoms with E-state index >= 15 is 0 Å². The van der Waals surface area contributed by atoms with Crippen LogP contribution in [0.3, 0.4) is 0 Å². The summed E-state index contributed by atoms with van der Waals surface area (Å²) < 4.78 is 44.8. The van der Waals surface area contributed by atoms with Gasteiger partial charge in [0, 0.05) is 100.0 Å². The Hall–Kier alpha value is -13.0. The number of hydrogen-bond acceptors (Lipinski definition) is 14. The Morgan fingerprint density at radius 2 is 0.656 bits per heavy atom. The number of hydrogen-bond donors (Lipinski definition) is 10. The molecule has 0 amide bonds. The maximum absolute atomic E-state index is 13.9. The summed E-state index contributed by atoms with van der Waals surface area (Å²) in [6.45, 7) is 52.9. The molecule has 15 rings (SSSR count). The average molecular weight is 1740 g/mol. The van der Waals surface area contributed by atoms with Gasteiger partial charge in [0.2, 0.25) is 0 Å². The molecular weight excluding hydrogens is 1600 g/mol. The molecule has 7 aromatic carbocycles. The van der Waals surface area contributed by atoms with Gasteiger partial charge in [-0.1, -0.05) is 263 Å².